The van der Waals surface area contributed by atoms with Crippen molar-refractivity contribution in [1.82, 2.24) is 15.2 Å². The molecule has 0 saturated carbocycles. The van der Waals surface area contributed by atoms with E-state index in [0.717, 1.165) is 28.3 Å². The molecule has 23 heavy (non-hydrogen) atoms. The van der Waals surface area contributed by atoms with E-state index in [9.17, 15) is 4.79 Å². The Labute approximate surface area is 141 Å². The first-order valence-corrected chi connectivity index (χ1v) is 9.10. The Kier molecular flexibility index (Phi) is 3.88. The number of hydrogen-bond acceptors (Lipinski definition) is 6. The zero-order valence-electron chi connectivity index (χ0n) is 12.3. The van der Waals surface area contributed by atoms with Crippen LogP contribution in [0.15, 0.2) is 30.6 Å². The van der Waals surface area contributed by atoms with E-state index in [2.05, 4.69) is 20.5 Å². The molecule has 0 atom stereocenters. The highest BCUT2D eigenvalue weighted by molar-refractivity contribution is 7.19. The van der Waals surface area contributed by atoms with E-state index in [4.69, 9.17) is 0 Å². The number of nitrogens with one attached hydrogen (secondary N) is 1. The minimum Gasteiger partial charge on any atom is -0.296 e. The smallest absolute Gasteiger partial charge is 0.267 e. The number of hydrogen-bond donors (Lipinski definition) is 1. The maximum Gasteiger partial charge on any atom is 0.267 e. The summed E-state index contributed by atoms with van der Waals surface area (Å²) in [5, 5.41) is 12.3. The number of anilines is 1. The number of pyridine rings is 1. The Morgan fingerprint density at radius 3 is 2.74 bits per heavy atom. The summed E-state index contributed by atoms with van der Waals surface area (Å²) in [4.78, 5) is 18.5. The molecule has 116 valence electrons. The van der Waals surface area contributed by atoms with E-state index in [1.807, 2.05) is 18.2 Å². The fourth-order valence-electron chi connectivity index (χ4n) is 2.65. The molecule has 0 spiro atoms. The summed E-state index contributed by atoms with van der Waals surface area (Å²) in [6.45, 7) is 0. The SMILES string of the molecule is O=C(Nc1nnc(-c2ccncc2)s1)c1cc2c(s1)CCCC2. The number of aryl methyl sites for hydroxylation is 2. The Balaban J connectivity index is 1.51. The largest absolute Gasteiger partial charge is 0.296 e. The van der Waals surface area contributed by atoms with Crippen molar-refractivity contribution >= 4 is 33.7 Å². The van der Waals surface area contributed by atoms with E-state index in [-0.39, 0.29) is 5.91 Å². The normalized spacial score (nSPS) is 13.6. The lowest BCUT2D eigenvalue weighted by Crippen LogP contribution is -2.09. The number of rotatable bonds is 3. The van der Waals surface area contributed by atoms with Crippen molar-refractivity contribution in [3.05, 3.63) is 45.9 Å². The van der Waals surface area contributed by atoms with Crippen LogP contribution in [0.5, 0.6) is 0 Å². The van der Waals surface area contributed by atoms with Gasteiger partial charge in [-0.2, -0.15) is 0 Å². The van der Waals surface area contributed by atoms with Crippen molar-refractivity contribution in [2.24, 2.45) is 0 Å². The van der Waals surface area contributed by atoms with Crippen LogP contribution in [0.1, 0.15) is 33.0 Å². The molecule has 1 N–H and O–H groups in total. The van der Waals surface area contributed by atoms with Gasteiger partial charge < -0.3 is 0 Å². The lowest BCUT2D eigenvalue weighted by Gasteiger charge is -2.08. The summed E-state index contributed by atoms with van der Waals surface area (Å²) in [7, 11) is 0. The van der Waals surface area contributed by atoms with Crippen LogP contribution in [0.3, 0.4) is 0 Å². The van der Waals surface area contributed by atoms with Crippen LogP contribution in [0.4, 0.5) is 5.13 Å². The quantitative estimate of drug-likeness (QED) is 0.786. The zero-order valence-corrected chi connectivity index (χ0v) is 13.9. The molecule has 5 nitrogen and oxygen atoms in total. The van der Waals surface area contributed by atoms with Crippen LogP contribution in [0, 0.1) is 0 Å². The Morgan fingerprint density at radius 2 is 1.91 bits per heavy atom. The van der Waals surface area contributed by atoms with Gasteiger partial charge in [-0.15, -0.1) is 21.5 Å². The number of amides is 1. The highest BCUT2D eigenvalue weighted by Gasteiger charge is 2.18. The molecule has 1 aliphatic carbocycles. The molecule has 3 heterocycles. The minimum absolute atomic E-state index is 0.0955. The molecular weight excluding hydrogens is 328 g/mol. The van der Waals surface area contributed by atoms with Crippen LogP contribution in [0.2, 0.25) is 0 Å². The maximum absolute atomic E-state index is 12.4. The Bertz CT molecular complexity index is 817. The third-order valence-corrected chi connectivity index (χ3v) is 5.92. The molecular formula is C16H14N4OS2. The molecule has 0 aliphatic heterocycles. The highest BCUT2D eigenvalue weighted by Crippen LogP contribution is 2.31. The van der Waals surface area contributed by atoms with Gasteiger partial charge in [0.25, 0.3) is 5.91 Å². The van der Waals surface area contributed by atoms with E-state index in [1.165, 1.54) is 34.6 Å². The van der Waals surface area contributed by atoms with Crippen LogP contribution >= 0.6 is 22.7 Å². The van der Waals surface area contributed by atoms with Gasteiger partial charge in [-0.3, -0.25) is 15.1 Å². The Hall–Kier alpha value is -2.12. The molecule has 0 saturated heterocycles. The van der Waals surface area contributed by atoms with Gasteiger partial charge in [-0.25, -0.2) is 0 Å². The van der Waals surface area contributed by atoms with Crippen molar-refractivity contribution in [3.8, 4) is 10.6 Å². The highest BCUT2D eigenvalue weighted by atomic mass is 32.1. The summed E-state index contributed by atoms with van der Waals surface area (Å²) in [5.41, 5.74) is 2.28. The number of nitrogens with zero attached hydrogens (tertiary/aromatic N) is 3. The number of aromatic nitrogens is 3. The Morgan fingerprint density at radius 1 is 1.09 bits per heavy atom. The minimum atomic E-state index is -0.0955. The molecule has 1 amide bonds. The van der Waals surface area contributed by atoms with E-state index < -0.39 is 0 Å². The first-order chi connectivity index (χ1) is 11.3. The first kappa shape index (κ1) is 14.5. The molecule has 0 fully saturated rings. The van der Waals surface area contributed by atoms with E-state index in [1.54, 1.807) is 23.7 Å². The molecule has 3 aromatic rings. The van der Waals surface area contributed by atoms with Crippen LogP contribution in [-0.2, 0) is 12.8 Å². The second-order valence-electron chi connectivity index (χ2n) is 5.37. The number of fused-ring (bicyclic) bond motifs is 1. The van der Waals surface area contributed by atoms with Crippen molar-refractivity contribution in [1.29, 1.82) is 0 Å². The fraction of sp³-hybridized carbons (Fsp3) is 0.250. The molecule has 0 aromatic carbocycles. The lowest BCUT2D eigenvalue weighted by molar-refractivity contribution is 0.103. The van der Waals surface area contributed by atoms with Crippen LogP contribution in [-0.4, -0.2) is 21.1 Å². The number of carbonyl (C=O) groups is 1. The van der Waals surface area contributed by atoms with Gasteiger partial charge >= 0.3 is 0 Å². The molecule has 4 rings (SSSR count). The topological polar surface area (TPSA) is 67.8 Å². The third-order valence-electron chi connectivity index (χ3n) is 3.79. The summed E-state index contributed by atoms with van der Waals surface area (Å²) in [5.74, 6) is -0.0955. The second-order valence-corrected chi connectivity index (χ2v) is 7.48. The summed E-state index contributed by atoms with van der Waals surface area (Å²) in [6.07, 6.45) is 8.05. The van der Waals surface area contributed by atoms with Gasteiger partial charge in [-0.1, -0.05) is 11.3 Å². The lowest BCUT2D eigenvalue weighted by atomic mass is 9.99. The zero-order chi connectivity index (χ0) is 15.6. The van der Waals surface area contributed by atoms with Gasteiger partial charge in [0, 0.05) is 22.8 Å². The molecule has 0 radical (unpaired) electrons. The van der Waals surface area contributed by atoms with Crippen LogP contribution in [0.25, 0.3) is 10.6 Å². The van der Waals surface area contributed by atoms with Gasteiger partial charge in [0.15, 0.2) is 0 Å². The predicted octanol–water partition coefficient (Wildman–Crippen LogP) is 3.79. The number of carbonyl (C=O) groups excluding carboxylic acids is 1. The van der Waals surface area contributed by atoms with Crippen LogP contribution < -0.4 is 5.32 Å². The van der Waals surface area contributed by atoms with E-state index >= 15 is 0 Å². The van der Waals surface area contributed by atoms with Gasteiger partial charge in [0.05, 0.1) is 4.88 Å². The molecule has 0 bridgehead atoms. The van der Waals surface area contributed by atoms with Gasteiger partial charge in [0.2, 0.25) is 5.13 Å². The number of thiophene rings is 1. The van der Waals surface area contributed by atoms with Crippen molar-refractivity contribution in [2.45, 2.75) is 25.7 Å². The fourth-order valence-corrected chi connectivity index (χ4v) is 4.54. The monoisotopic (exact) mass is 342 g/mol. The van der Waals surface area contributed by atoms with E-state index in [0.29, 0.717) is 5.13 Å². The predicted molar refractivity (Wildman–Crippen MR) is 92.1 cm³/mol. The second kappa shape index (κ2) is 6.17. The average Bonchev–Trinajstić information content (AvgIpc) is 3.22. The molecule has 3 aromatic heterocycles. The maximum atomic E-state index is 12.4. The van der Waals surface area contributed by atoms with Crippen molar-refractivity contribution < 1.29 is 4.79 Å². The molecule has 0 unspecified atom stereocenters. The van der Waals surface area contributed by atoms with Gasteiger partial charge in [0.1, 0.15) is 5.01 Å². The summed E-state index contributed by atoms with van der Waals surface area (Å²) >= 11 is 2.97. The summed E-state index contributed by atoms with van der Waals surface area (Å²) < 4.78 is 0. The third kappa shape index (κ3) is 3.02. The summed E-state index contributed by atoms with van der Waals surface area (Å²) in [6, 6.07) is 5.78. The molecule has 1 aliphatic rings. The standard InChI is InChI=1S/C16H14N4OS2/c21-14(13-9-11-3-1-2-4-12(11)22-13)18-16-20-19-15(23-16)10-5-7-17-8-6-10/h5-9H,1-4H2,(H,18,20,21). The average molecular weight is 342 g/mol. The van der Waals surface area contributed by atoms with Crippen molar-refractivity contribution in [2.75, 3.05) is 5.32 Å². The first-order valence-electron chi connectivity index (χ1n) is 7.46. The van der Waals surface area contributed by atoms with Gasteiger partial charge in [-0.05, 0) is 49.4 Å². The van der Waals surface area contributed by atoms with Crippen molar-refractivity contribution in [3.63, 3.8) is 0 Å². The molecule has 7 heteroatoms.